The lowest BCUT2D eigenvalue weighted by molar-refractivity contribution is -0.163. The maximum Gasteiger partial charge on any atom is 0.428 e. The standard InChI is InChI=1S/C18H15Cl3F2N2O3/c1-25(11-7-9-12(10-8-11)28-18(22,23)16(20)21)17(26)24-15(27-2)13-5-3-4-6-14(13)19/h3-10,16H,1-2H3. The number of aliphatic imine (C=N–C) groups is 1. The number of halogens is 5. The van der Waals surface area contributed by atoms with Gasteiger partial charge in [-0.15, -0.1) is 0 Å². The number of carbonyl (C=O) groups is 1. The van der Waals surface area contributed by atoms with Crippen LogP contribution in [0.5, 0.6) is 5.75 Å². The minimum Gasteiger partial charge on any atom is -0.480 e. The van der Waals surface area contributed by atoms with Crippen LogP contribution in [0.3, 0.4) is 0 Å². The first-order valence-corrected chi connectivity index (χ1v) is 9.01. The average molecular weight is 452 g/mol. The highest BCUT2D eigenvalue weighted by atomic mass is 35.5. The Morgan fingerprint density at radius 2 is 1.75 bits per heavy atom. The van der Waals surface area contributed by atoms with Crippen LogP contribution in [-0.4, -0.2) is 37.0 Å². The Kier molecular flexibility index (Phi) is 7.46. The third-order valence-corrected chi connectivity index (χ3v) is 4.35. The molecule has 0 fully saturated rings. The Morgan fingerprint density at radius 3 is 2.29 bits per heavy atom. The molecule has 0 radical (unpaired) electrons. The molecule has 0 aliphatic rings. The molecular weight excluding hydrogens is 437 g/mol. The summed E-state index contributed by atoms with van der Waals surface area (Å²) in [5, 5.41) is 0.373. The number of hydrogen-bond donors (Lipinski definition) is 0. The lowest BCUT2D eigenvalue weighted by atomic mass is 10.2. The van der Waals surface area contributed by atoms with Gasteiger partial charge in [-0.3, -0.25) is 4.90 Å². The molecule has 10 heteroatoms. The summed E-state index contributed by atoms with van der Waals surface area (Å²) in [7, 11) is 2.83. The maximum atomic E-state index is 13.4. The lowest BCUT2D eigenvalue weighted by Crippen LogP contribution is -2.32. The second-order valence-corrected chi connectivity index (χ2v) is 6.90. The van der Waals surface area contributed by atoms with E-state index in [2.05, 4.69) is 9.73 Å². The van der Waals surface area contributed by atoms with Crippen LogP contribution in [0.2, 0.25) is 5.02 Å². The number of amides is 2. The summed E-state index contributed by atoms with van der Waals surface area (Å²) in [5.41, 5.74) is 0.837. The summed E-state index contributed by atoms with van der Waals surface area (Å²) in [4.78, 5) is 15.5. The number of carbonyl (C=O) groups excluding carboxylic acids is 1. The van der Waals surface area contributed by atoms with Gasteiger partial charge in [0.2, 0.25) is 10.7 Å². The zero-order valence-corrected chi connectivity index (χ0v) is 17.0. The molecule has 0 aromatic heterocycles. The molecule has 0 saturated heterocycles. The van der Waals surface area contributed by atoms with Crippen molar-refractivity contribution in [2.45, 2.75) is 10.9 Å². The van der Waals surface area contributed by atoms with Crippen molar-refractivity contribution in [3.05, 3.63) is 59.1 Å². The SMILES string of the molecule is COC(=NC(=O)N(C)c1ccc(OC(F)(F)C(Cl)Cl)cc1)c1ccccc1Cl. The van der Waals surface area contributed by atoms with E-state index in [1.54, 1.807) is 24.3 Å². The number of urea groups is 1. The van der Waals surface area contributed by atoms with E-state index in [0.717, 1.165) is 0 Å². The molecule has 0 bridgehead atoms. The Morgan fingerprint density at radius 1 is 1.14 bits per heavy atom. The van der Waals surface area contributed by atoms with E-state index in [-0.39, 0.29) is 11.6 Å². The molecule has 0 aliphatic heterocycles. The largest absolute Gasteiger partial charge is 0.480 e. The van der Waals surface area contributed by atoms with E-state index in [1.807, 2.05) is 0 Å². The molecule has 0 spiro atoms. The number of benzene rings is 2. The molecule has 5 nitrogen and oxygen atoms in total. The number of anilines is 1. The first-order valence-electron chi connectivity index (χ1n) is 7.76. The molecule has 2 aromatic carbocycles. The highest BCUT2D eigenvalue weighted by molar-refractivity contribution is 6.44. The van der Waals surface area contributed by atoms with Gasteiger partial charge in [-0.25, -0.2) is 4.79 Å². The molecule has 0 heterocycles. The molecule has 28 heavy (non-hydrogen) atoms. The van der Waals surface area contributed by atoms with Crippen LogP contribution in [-0.2, 0) is 4.74 Å². The average Bonchev–Trinajstić information content (AvgIpc) is 2.66. The fourth-order valence-electron chi connectivity index (χ4n) is 2.06. The lowest BCUT2D eigenvalue weighted by Gasteiger charge is -2.20. The topological polar surface area (TPSA) is 51.1 Å². The van der Waals surface area contributed by atoms with Gasteiger partial charge in [-0.1, -0.05) is 46.9 Å². The van der Waals surface area contributed by atoms with Crippen LogP contribution in [0.4, 0.5) is 19.3 Å². The summed E-state index contributed by atoms with van der Waals surface area (Å²) in [5.74, 6) is -0.129. The van der Waals surface area contributed by atoms with Gasteiger partial charge >= 0.3 is 12.1 Å². The summed E-state index contributed by atoms with van der Waals surface area (Å²) < 4.78 is 36.4. The summed E-state index contributed by atoms with van der Waals surface area (Å²) in [6.07, 6.45) is -3.75. The monoisotopic (exact) mass is 450 g/mol. The normalized spacial score (nSPS) is 12.1. The molecule has 0 atom stereocenters. The van der Waals surface area contributed by atoms with Gasteiger partial charge < -0.3 is 9.47 Å². The Labute approximate surface area is 175 Å². The molecule has 0 aliphatic carbocycles. The predicted octanol–water partition coefficient (Wildman–Crippen LogP) is 5.76. The third kappa shape index (κ3) is 5.47. The molecule has 150 valence electrons. The van der Waals surface area contributed by atoms with Crippen LogP contribution in [0, 0.1) is 0 Å². The van der Waals surface area contributed by atoms with Gasteiger partial charge in [0.25, 0.3) is 0 Å². The van der Waals surface area contributed by atoms with E-state index in [1.165, 1.54) is 43.3 Å². The van der Waals surface area contributed by atoms with Crippen molar-refractivity contribution in [3.8, 4) is 5.75 Å². The van der Waals surface area contributed by atoms with Crippen molar-refractivity contribution in [1.29, 1.82) is 0 Å². The molecular formula is C18H15Cl3F2N2O3. The minimum atomic E-state index is -3.75. The highest BCUT2D eigenvalue weighted by Gasteiger charge is 2.40. The molecule has 2 aromatic rings. The summed E-state index contributed by atoms with van der Waals surface area (Å²) in [6.45, 7) is 0. The van der Waals surface area contributed by atoms with Crippen molar-refractivity contribution in [1.82, 2.24) is 0 Å². The molecule has 0 N–H and O–H groups in total. The van der Waals surface area contributed by atoms with Gasteiger partial charge in [0.15, 0.2) is 0 Å². The number of methoxy groups -OCH3 is 1. The van der Waals surface area contributed by atoms with Gasteiger partial charge in [-0.2, -0.15) is 13.8 Å². The molecule has 2 amide bonds. The predicted molar refractivity (Wildman–Crippen MR) is 106 cm³/mol. The van der Waals surface area contributed by atoms with Gasteiger partial charge in [0.1, 0.15) is 5.75 Å². The van der Waals surface area contributed by atoms with Crippen LogP contribution in [0.25, 0.3) is 0 Å². The number of alkyl halides is 4. The highest BCUT2D eigenvalue weighted by Crippen LogP contribution is 2.31. The van der Waals surface area contributed by atoms with E-state index in [0.29, 0.717) is 16.3 Å². The van der Waals surface area contributed by atoms with Crippen LogP contribution < -0.4 is 9.64 Å². The van der Waals surface area contributed by atoms with Gasteiger partial charge in [0, 0.05) is 12.7 Å². The van der Waals surface area contributed by atoms with Crippen LogP contribution in [0.15, 0.2) is 53.5 Å². The first-order chi connectivity index (χ1) is 13.2. The smallest absolute Gasteiger partial charge is 0.428 e. The fourth-order valence-corrected chi connectivity index (χ4v) is 2.37. The zero-order chi connectivity index (χ0) is 20.9. The van der Waals surface area contributed by atoms with E-state index in [4.69, 9.17) is 39.5 Å². The second-order valence-electron chi connectivity index (χ2n) is 5.40. The maximum absolute atomic E-state index is 13.4. The Balaban J connectivity index is 2.17. The fraction of sp³-hybridized carbons (Fsp3) is 0.222. The zero-order valence-electron chi connectivity index (χ0n) is 14.7. The van der Waals surface area contributed by atoms with Crippen LogP contribution >= 0.6 is 34.8 Å². The number of rotatable bonds is 5. The van der Waals surface area contributed by atoms with Crippen molar-refractivity contribution in [3.63, 3.8) is 0 Å². The van der Waals surface area contributed by atoms with Crippen molar-refractivity contribution >= 4 is 52.4 Å². The van der Waals surface area contributed by atoms with E-state index in [9.17, 15) is 13.6 Å². The van der Waals surface area contributed by atoms with Gasteiger partial charge in [0.05, 0.1) is 17.7 Å². The van der Waals surface area contributed by atoms with E-state index < -0.39 is 17.0 Å². The van der Waals surface area contributed by atoms with Crippen molar-refractivity contribution in [2.24, 2.45) is 4.99 Å². The molecule has 0 unspecified atom stereocenters. The van der Waals surface area contributed by atoms with E-state index >= 15 is 0 Å². The summed E-state index contributed by atoms with van der Waals surface area (Å²) >= 11 is 16.4. The van der Waals surface area contributed by atoms with Crippen molar-refractivity contribution < 1.29 is 23.0 Å². The third-order valence-electron chi connectivity index (χ3n) is 3.51. The Bertz CT molecular complexity index is 861. The molecule has 2 rings (SSSR count). The molecule has 0 saturated carbocycles. The van der Waals surface area contributed by atoms with Crippen molar-refractivity contribution in [2.75, 3.05) is 19.1 Å². The summed E-state index contributed by atoms with van der Waals surface area (Å²) in [6, 6.07) is 11.4. The van der Waals surface area contributed by atoms with Gasteiger partial charge in [-0.05, 0) is 36.4 Å². The number of nitrogens with zero attached hydrogens (tertiary/aromatic N) is 2. The first kappa shape index (κ1) is 22.2. The number of hydrogen-bond acceptors (Lipinski definition) is 3. The minimum absolute atomic E-state index is 0.0392. The van der Waals surface area contributed by atoms with Crippen LogP contribution in [0.1, 0.15) is 5.56 Å². The number of ether oxygens (including phenoxy) is 2. The second kappa shape index (κ2) is 9.41. The quantitative estimate of drug-likeness (QED) is 0.330. The Hall–Kier alpha value is -2.09.